The zero-order valence-corrected chi connectivity index (χ0v) is 11.3. The highest BCUT2D eigenvalue weighted by Gasteiger charge is 2.16. The third kappa shape index (κ3) is 2.64. The zero-order valence-electron chi connectivity index (χ0n) is 8.91. The molecule has 1 unspecified atom stereocenters. The SMILES string of the molecule is COc1ccc(C(Br)c2ccc(Cl)o2)cc1F. The molecular weight excluding hydrogens is 310 g/mol. The van der Waals surface area contributed by atoms with Crippen molar-refractivity contribution in [3.8, 4) is 5.75 Å². The molecule has 1 atom stereocenters. The highest BCUT2D eigenvalue weighted by atomic mass is 79.9. The first-order chi connectivity index (χ1) is 8.11. The molecule has 1 heterocycles. The molecule has 17 heavy (non-hydrogen) atoms. The first-order valence-corrected chi connectivity index (χ1v) is 6.14. The number of hydrogen-bond acceptors (Lipinski definition) is 2. The summed E-state index contributed by atoms with van der Waals surface area (Å²) in [7, 11) is 1.43. The molecule has 2 rings (SSSR count). The van der Waals surface area contributed by atoms with Crippen LogP contribution < -0.4 is 4.74 Å². The Balaban J connectivity index is 2.31. The van der Waals surface area contributed by atoms with Gasteiger partial charge in [0.1, 0.15) is 5.76 Å². The zero-order chi connectivity index (χ0) is 12.4. The van der Waals surface area contributed by atoms with Gasteiger partial charge in [0.05, 0.1) is 11.9 Å². The van der Waals surface area contributed by atoms with E-state index in [2.05, 4.69) is 15.9 Å². The fourth-order valence-electron chi connectivity index (χ4n) is 1.47. The minimum absolute atomic E-state index is 0.214. The van der Waals surface area contributed by atoms with Gasteiger partial charge in [-0.15, -0.1) is 0 Å². The van der Waals surface area contributed by atoms with E-state index in [1.165, 1.54) is 13.2 Å². The lowest BCUT2D eigenvalue weighted by Crippen LogP contribution is -1.94. The molecule has 0 aliphatic heterocycles. The average molecular weight is 320 g/mol. The number of methoxy groups -OCH3 is 1. The first-order valence-electron chi connectivity index (χ1n) is 4.84. The number of ether oxygens (including phenoxy) is 1. The largest absolute Gasteiger partial charge is 0.494 e. The van der Waals surface area contributed by atoms with Gasteiger partial charge in [0.25, 0.3) is 0 Å². The van der Waals surface area contributed by atoms with Crippen LogP contribution in [0.5, 0.6) is 5.75 Å². The van der Waals surface area contributed by atoms with Crippen molar-refractivity contribution < 1.29 is 13.5 Å². The van der Waals surface area contributed by atoms with Gasteiger partial charge in [0.15, 0.2) is 16.8 Å². The number of halogens is 3. The summed E-state index contributed by atoms with van der Waals surface area (Å²) in [6.45, 7) is 0. The van der Waals surface area contributed by atoms with Crippen LogP contribution in [0.3, 0.4) is 0 Å². The van der Waals surface area contributed by atoms with Gasteiger partial charge in [-0.1, -0.05) is 22.0 Å². The van der Waals surface area contributed by atoms with Gasteiger partial charge in [-0.2, -0.15) is 0 Å². The van der Waals surface area contributed by atoms with Crippen molar-refractivity contribution in [1.29, 1.82) is 0 Å². The van der Waals surface area contributed by atoms with Crippen LogP contribution in [0, 0.1) is 5.82 Å². The topological polar surface area (TPSA) is 22.4 Å². The molecule has 2 aromatic rings. The quantitative estimate of drug-likeness (QED) is 0.774. The number of benzene rings is 1. The van der Waals surface area contributed by atoms with E-state index in [0.29, 0.717) is 11.0 Å². The molecule has 0 bridgehead atoms. The summed E-state index contributed by atoms with van der Waals surface area (Å²) in [4.78, 5) is -0.240. The Kier molecular flexibility index (Phi) is 3.74. The molecule has 0 amide bonds. The first kappa shape index (κ1) is 12.5. The maximum Gasteiger partial charge on any atom is 0.193 e. The predicted molar refractivity (Wildman–Crippen MR) is 67.4 cm³/mol. The molecule has 0 saturated carbocycles. The van der Waals surface area contributed by atoms with E-state index in [-0.39, 0.29) is 10.6 Å². The van der Waals surface area contributed by atoms with Crippen LogP contribution in [0.2, 0.25) is 5.22 Å². The third-order valence-electron chi connectivity index (χ3n) is 2.31. The molecule has 0 fully saturated rings. The molecule has 0 spiro atoms. The van der Waals surface area contributed by atoms with Gasteiger partial charge >= 0.3 is 0 Å². The highest BCUT2D eigenvalue weighted by molar-refractivity contribution is 9.09. The monoisotopic (exact) mass is 318 g/mol. The number of furan rings is 1. The molecular formula is C12H9BrClFO2. The van der Waals surface area contributed by atoms with Crippen LogP contribution in [-0.4, -0.2) is 7.11 Å². The lowest BCUT2D eigenvalue weighted by atomic mass is 10.1. The summed E-state index contributed by atoms with van der Waals surface area (Å²) >= 11 is 9.12. The molecule has 1 aromatic heterocycles. The molecule has 90 valence electrons. The van der Waals surface area contributed by atoms with Crippen LogP contribution in [0.4, 0.5) is 4.39 Å². The van der Waals surface area contributed by atoms with Crippen molar-refractivity contribution in [3.63, 3.8) is 0 Å². The number of rotatable bonds is 3. The Morgan fingerprint density at radius 1 is 1.35 bits per heavy atom. The van der Waals surface area contributed by atoms with Crippen molar-refractivity contribution in [2.45, 2.75) is 4.83 Å². The lowest BCUT2D eigenvalue weighted by Gasteiger charge is -2.09. The van der Waals surface area contributed by atoms with Crippen molar-refractivity contribution in [3.05, 3.63) is 52.7 Å². The number of alkyl halides is 1. The highest BCUT2D eigenvalue weighted by Crippen LogP contribution is 2.34. The molecule has 5 heteroatoms. The van der Waals surface area contributed by atoms with E-state index in [0.717, 1.165) is 5.56 Å². The molecule has 0 radical (unpaired) electrons. The van der Waals surface area contributed by atoms with Gasteiger partial charge < -0.3 is 9.15 Å². The summed E-state index contributed by atoms with van der Waals surface area (Å²) in [5.74, 6) is 0.428. The molecule has 0 N–H and O–H groups in total. The summed E-state index contributed by atoms with van der Waals surface area (Å²) in [5, 5.41) is 0.304. The van der Waals surface area contributed by atoms with Gasteiger partial charge in [0.2, 0.25) is 0 Å². The van der Waals surface area contributed by atoms with Gasteiger partial charge in [-0.25, -0.2) is 4.39 Å². The van der Waals surface area contributed by atoms with E-state index >= 15 is 0 Å². The maximum atomic E-state index is 13.5. The van der Waals surface area contributed by atoms with E-state index in [9.17, 15) is 4.39 Å². The molecule has 0 aliphatic carbocycles. The molecule has 0 aliphatic rings. The van der Waals surface area contributed by atoms with Crippen LogP contribution in [0.25, 0.3) is 0 Å². The van der Waals surface area contributed by atoms with Crippen molar-refractivity contribution in [2.24, 2.45) is 0 Å². The van der Waals surface area contributed by atoms with Crippen LogP contribution in [0.15, 0.2) is 34.7 Å². The number of hydrogen-bond donors (Lipinski definition) is 0. The summed E-state index contributed by atoms with van der Waals surface area (Å²) in [6, 6.07) is 8.12. The molecule has 0 saturated heterocycles. The minimum Gasteiger partial charge on any atom is -0.494 e. The lowest BCUT2D eigenvalue weighted by molar-refractivity contribution is 0.386. The smallest absolute Gasteiger partial charge is 0.193 e. The standard InChI is InChI=1S/C12H9BrClFO2/c1-16-9-3-2-7(6-8(9)15)12(13)10-4-5-11(14)17-10/h2-6,12H,1H3. The van der Waals surface area contributed by atoms with Crippen LogP contribution in [0.1, 0.15) is 16.2 Å². The van der Waals surface area contributed by atoms with Crippen LogP contribution in [-0.2, 0) is 0 Å². The fraction of sp³-hybridized carbons (Fsp3) is 0.167. The summed E-state index contributed by atoms with van der Waals surface area (Å²) < 4.78 is 23.6. The normalized spacial score (nSPS) is 12.5. The van der Waals surface area contributed by atoms with Crippen molar-refractivity contribution in [2.75, 3.05) is 7.11 Å². The third-order valence-corrected chi connectivity index (χ3v) is 3.50. The minimum atomic E-state index is -0.410. The van der Waals surface area contributed by atoms with Crippen LogP contribution >= 0.6 is 27.5 Å². The molecule has 2 nitrogen and oxygen atoms in total. The second-order valence-electron chi connectivity index (χ2n) is 3.40. The Hall–Kier alpha value is -1.00. The van der Waals surface area contributed by atoms with Gasteiger partial charge in [-0.3, -0.25) is 0 Å². The Morgan fingerprint density at radius 3 is 2.65 bits per heavy atom. The molecule has 1 aromatic carbocycles. The van der Waals surface area contributed by atoms with E-state index < -0.39 is 5.82 Å². The van der Waals surface area contributed by atoms with Gasteiger partial charge in [0, 0.05) is 0 Å². The van der Waals surface area contributed by atoms with E-state index in [4.69, 9.17) is 20.8 Å². The van der Waals surface area contributed by atoms with Crippen molar-refractivity contribution in [1.82, 2.24) is 0 Å². The second kappa shape index (κ2) is 5.10. The van der Waals surface area contributed by atoms with Gasteiger partial charge in [-0.05, 0) is 41.4 Å². The Bertz CT molecular complexity index is 527. The fourth-order valence-corrected chi connectivity index (χ4v) is 2.15. The van der Waals surface area contributed by atoms with Crippen molar-refractivity contribution >= 4 is 27.5 Å². The summed E-state index contributed by atoms with van der Waals surface area (Å²) in [5.41, 5.74) is 0.731. The Labute approximate surface area is 111 Å². The average Bonchev–Trinajstić information content (AvgIpc) is 2.75. The van der Waals surface area contributed by atoms with E-state index in [1.807, 2.05) is 0 Å². The summed E-state index contributed by atoms with van der Waals surface area (Å²) in [6.07, 6.45) is 0. The Morgan fingerprint density at radius 2 is 2.12 bits per heavy atom. The predicted octanol–water partition coefficient (Wildman–Crippen LogP) is 4.57. The van der Waals surface area contributed by atoms with E-state index in [1.54, 1.807) is 24.3 Å². The maximum absolute atomic E-state index is 13.5. The second-order valence-corrected chi connectivity index (χ2v) is 4.69.